The average molecular weight is 348 g/mol. The van der Waals surface area contributed by atoms with Crippen molar-refractivity contribution in [1.29, 1.82) is 0 Å². The van der Waals surface area contributed by atoms with E-state index >= 15 is 0 Å². The van der Waals surface area contributed by atoms with Crippen molar-refractivity contribution in [2.75, 3.05) is 0 Å². The second-order valence-electron chi connectivity index (χ2n) is 4.13. The van der Waals surface area contributed by atoms with Gasteiger partial charge in [-0.05, 0) is 57.4 Å². The van der Waals surface area contributed by atoms with Gasteiger partial charge in [-0.25, -0.2) is 8.78 Å². The molecule has 0 amide bonds. The van der Waals surface area contributed by atoms with E-state index in [9.17, 15) is 13.9 Å². The minimum Gasteiger partial charge on any atom is -0.388 e. The SMILES string of the molecule is OC(Cc1cc(F)ccc1Cl)c1ccc(Br)c(F)c1. The molecule has 1 unspecified atom stereocenters. The minimum absolute atomic E-state index is 0.123. The Bertz CT molecular complexity index is 604. The third-order valence-corrected chi connectivity index (χ3v) is 3.76. The van der Waals surface area contributed by atoms with Gasteiger partial charge in [0.2, 0.25) is 0 Å². The van der Waals surface area contributed by atoms with Gasteiger partial charge in [-0.2, -0.15) is 0 Å². The van der Waals surface area contributed by atoms with Crippen molar-refractivity contribution < 1.29 is 13.9 Å². The first-order valence-electron chi connectivity index (χ1n) is 5.54. The highest BCUT2D eigenvalue weighted by atomic mass is 79.9. The molecule has 0 spiro atoms. The van der Waals surface area contributed by atoms with E-state index in [1.54, 1.807) is 6.07 Å². The molecular weight excluding hydrogens is 338 g/mol. The molecule has 0 saturated heterocycles. The maximum absolute atomic E-state index is 13.4. The van der Waals surface area contributed by atoms with Crippen LogP contribution in [0.5, 0.6) is 0 Å². The van der Waals surface area contributed by atoms with E-state index in [-0.39, 0.29) is 6.42 Å². The van der Waals surface area contributed by atoms with Crippen LogP contribution in [0.15, 0.2) is 40.9 Å². The number of aliphatic hydroxyl groups excluding tert-OH is 1. The van der Waals surface area contributed by atoms with Gasteiger partial charge in [-0.1, -0.05) is 17.7 Å². The summed E-state index contributed by atoms with van der Waals surface area (Å²) in [5.74, 6) is -0.879. The maximum atomic E-state index is 13.4. The summed E-state index contributed by atoms with van der Waals surface area (Å²) >= 11 is 8.96. The highest BCUT2D eigenvalue weighted by Crippen LogP contribution is 2.26. The largest absolute Gasteiger partial charge is 0.388 e. The Balaban J connectivity index is 2.22. The van der Waals surface area contributed by atoms with Crippen LogP contribution in [-0.4, -0.2) is 5.11 Å². The van der Waals surface area contributed by atoms with Crippen LogP contribution in [-0.2, 0) is 6.42 Å². The highest BCUT2D eigenvalue weighted by molar-refractivity contribution is 9.10. The minimum atomic E-state index is -0.943. The van der Waals surface area contributed by atoms with Gasteiger partial charge in [-0.3, -0.25) is 0 Å². The molecule has 0 aliphatic heterocycles. The summed E-state index contributed by atoms with van der Waals surface area (Å²) in [4.78, 5) is 0. The summed E-state index contributed by atoms with van der Waals surface area (Å²) in [6.07, 6.45) is -0.820. The molecular formula is C14H10BrClF2O. The molecule has 1 atom stereocenters. The zero-order chi connectivity index (χ0) is 14.0. The number of hydrogen-bond donors (Lipinski definition) is 1. The van der Waals surface area contributed by atoms with Gasteiger partial charge >= 0.3 is 0 Å². The molecule has 0 aliphatic rings. The molecule has 5 heteroatoms. The first-order valence-corrected chi connectivity index (χ1v) is 6.71. The number of hydrogen-bond acceptors (Lipinski definition) is 1. The van der Waals surface area contributed by atoms with E-state index in [1.807, 2.05) is 0 Å². The van der Waals surface area contributed by atoms with E-state index < -0.39 is 17.7 Å². The van der Waals surface area contributed by atoms with Gasteiger partial charge in [0.05, 0.1) is 10.6 Å². The van der Waals surface area contributed by atoms with Crippen LogP contribution in [0.1, 0.15) is 17.2 Å². The van der Waals surface area contributed by atoms with Crippen molar-refractivity contribution in [3.63, 3.8) is 0 Å². The van der Waals surface area contributed by atoms with Crippen molar-refractivity contribution in [2.24, 2.45) is 0 Å². The molecule has 0 saturated carbocycles. The van der Waals surface area contributed by atoms with Crippen LogP contribution in [0, 0.1) is 11.6 Å². The number of halogens is 4. The molecule has 0 bridgehead atoms. The molecule has 2 aromatic carbocycles. The van der Waals surface area contributed by atoms with Gasteiger partial charge in [0.25, 0.3) is 0 Å². The highest BCUT2D eigenvalue weighted by Gasteiger charge is 2.13. The molecule has 0 fully saturated rings. The first-order chi connectivity index (χ1) is 8.97. The Labute approximate surface area is 123 Å². The fourth-order valence-corrected chi connectivity index (χ4v) is 2.19. The van der Waals surface area contributed by atoms with Crippen molar-refractivity contribution in [1.82, 2.24) is 0 Å². The second kappa shape index (κ2) is 5.99. The van der Waals surface area contributed by atoms with Gasteiger partial charge in [0.15, 0.2) is 0 Å². The maximum Gasteiger partial charge on any atom is 0.137 e. The Hall–Kier alpha value is -0.970. The summed E-state index contributed by atoms with van der Waals surface area (Å²) in [5, 5.41) is 10.4. The fourth-order valence-electron chi connectivity index (χ4n) is 1.75. The summed E-state index contributed by atoms with van der Waals surface area (Å²) in [7, 11) is 0. The van der Waals surface area contributed by atoms with Crippen molar-refractivity contribution >= 4 is 27.5 Å². The second-order valence-corrected chi connectivity index (χ2v) is 5.39. The Morgan fingerprint density at radius 1 is 1.16 bits per heavy atom. The van der Waals surface area contributed by atoms with E-state index in [4.69, 9.17) is 11.6 Å². The van der Waals surface area contributed by atoms with Crippen LogP contribution >= 0.6 is 27.5 Å². The van der Waals surface area contributed by atoms with Crippen LogP contribution in [0.4, 0.5) is 8.78 Å². The van der Waals surface area contributed by atoms with Gasteiger partial charge in [-0.15, -0.1) is 0 Å². The number of rotatable bonds is 3. The van der Waals surface area contributed by atoms with Crippen molar-refractivity contribution in [2.45, 2.75) is 12.5 Å². The summed E-state index contributed by atoms with van der Waals surface area (Å²) in [6, 6.07) is 8.30. The zero-order valence-corrected chi connectivity index (χ0v) is 12.0. The molecule has 1 N–H and O–H groups in total. The third-order valence-electron chi connectivity index (χ3n) is 2.75. The first kappa shape index (κ1) is 14.4. The quantitative estimate of drug-likeness (QED) is 0.856. The Morgan fingerprint density at radius 2 is 1.89 bits per heavy atom. The lowest BCUT2D eigenvalue weighted by Crippen LogP contribution is -2.03. The van der Waals surface area contributed by atoms with Gasteiger partial charge < -0.3 is 5.11 Å². The molecule has 19 heavy (non-hydrogen) atoms. The topological polar surface area (TPSA) is 20.2 Å². The molecule has 2 aromatic rings. The lowest BCUT2D eigenvalue weighted by Gasteiger charge is -2.13. The van der Waals surface area contributed by atoms with Crippen LogP contribution < -0.4 is 0 Å². The smallest absolute Gasteiger partial charge is 0.137 e. The van der Waals surface area contributed by atoms with Crippen LogP contribution in [0.3, 0.4) is 0 Å². The average Bonchev–Trinajstić information content (AvgIpc) is 2.37. The van der Waals surface area contributed by atoms with E-state index in [2.05, 4.69) is 15.9 Å². The normalized spacial score (nSPS) is 12.5. The summed E-state index contributed by atoms with van der Waals surface area (Å²) in [5.41, 5.74) is 0.901. The van der Waals surface area contributed by atoms with Gasteiger partial charge in [0, 0.05) is 11.4 Å². The number of benzene rings is 2. The van der Waals surface area contributed by atoms with E-state index in [1.165, 1.54) is 30.3 Å². The Kier molecular flexibility index (Phi) is 4.55. The molecule has 0 aromatic heterocycles. The van der Waals surface area contributed by atoms with Crippen LogP contribution in [0.25, 0.3) is 0 Å². The molecule has 0 radical (unpaired) electrons. The third kappa shape index (κ3) is 3.53. The molecule has 2 rings (SSSR count). The monoisotopic (exact) mass is 346 g/mol. The zero-order valence-electron chi connectivity index (χ0n) is 9.71. The predicted octanol–water partition coefficient (Wildman–Crippen LogP) is 4.66. The molecule has 0 heterocycles. The standard InChI is InChI=1S/C14H10BrClF2O/c15-11-3-1-8(6-13(11)18)14(19)7-9-5-10(17)2-4-12(9)16/h1-6,14,19H,7H2. The lowest BCUT2D eigenvalue weighted by atomic mass is 10.0. The molecule has 1 nitrogen and oxygen atoms in total. The van der Waals surface area contributed by atoms with Crippen molar-refractivity contribution in [3.05, 3.63) is 68.7 Å². The Morgan fingerprint density at radius 3 is 2.58 bits per heavy atom. The van der Waals surface area contributed by atoms with E-state index in [0.717, 1.165) is 0 Å². The lowest BCUT2D eigenvalue weighted by molar-refractivity contribution is 0.178. The summed E-state index contributed by atoms with van der Waals surface area (Å²) < 4.78 is 26.8. The van der Waals surface area contributed by atoms with E-state index in [0.29, 0.717) is 20.6 Å². The summed E-state index contributed by atoms with van der Waals surface area (Å²) in [6.45, 7) is 0. The molecule has 100 valence electrons. The van der Waals surface area contributed by atoms with Crippen molar-refractivity contribution in [3.8, 4) is 0 Å². The predicted molar refractivity (Wildman–Crippen MR) is 74.2 cm³/mol. The fraction of sp³-hybridized carbons (Fsp3) is 0.143. The number of aliphatic hydroxyl groups is 1. The van der Waals surface area contributed by atoms with Gasteiger partial charge in [0.1, 0.15) is 11.6 Å². The van der Waals surface area contributed by atoms with Crippen LogP contribution in [0.2, 0.25) is 5.02 Å². The molecule has 0 aliphatic carbocycles.